The number of aryl methyl sites for hydroxylation is 1. The molecule has 0 amide bonds. The summed E-state index contributed by atoms with van der Waals surface area (Å²) in [5.41, 5.74) is 21.0. The van der Waals surface area contributed by atoms with Gasteiger partial charge in [0, 0.05) is 33.8 Å². The molecule has 0 saturated carbocycles. The van der Waals surface area contributed by atoms with Crippen LogP contribution in [0.1, 0.15) is 135 Å². The predicted molar refractivity (Wildman–Crippen MR) is 244 cm³/mol. The van der Waals surface area contributed by atoms with Gasteiger partial charge in [-0.3, -0.25) is 0 Å². The van der Waals surface area contributed by atoms with Crippen molar-refractivity contribution in [3.8, 4) is 0 Å². The van der Waals surface area contributed by atoms with Gasteiger partial charge in [0.25, 0.3) is 6.71 Å². The summed E-state index contributed by atoms with van der Waals surface area (Å²) in [6, 6.07) is 35.3. The summed E-state index contributed by atoms with van der Waals surface area (Å²) in [6.45, 7) is 28.8. The second-order valence-electron chi connectivity index (χ2n) is 21.6. The van der Waals surface area contributed by atoms with Crippen LogP contribution in [0, 0.1) is 6.92 Å². The molecule has 290 valence electrons. The van der Waals surface area contributed by atoms with E-state index in [-0.39, 0.29) is 33.8 Å². The lowest BCUT2D eigenvalue weighted by molar-refractivity contribution is 0.331. The normalized spacial score (nSPS) is 19.4. The molecule has 0 spiro atoms. The molecular weight excluding hydrogens is 691 g/mol. The van der Waals surface area contributed by atoms with Gasteiger partial charge in [0.2, 0.25) is 0 Å². The van der Waals surface area contributed by atoms with Crippen LogP contribution in [-0.4, -0.2) is 6.71 Å². The van der Waals surface area contributed by atoms with Gasteiger partial charge in [0.05, 0.1) is 11.3 Å². The van der Waals surface area contributed by atoms with Crippen LogP contribution in [-0.2, 0) is 27.1 Å². The first-order valence-electron chi connectivity index (χ1n) is 21.5. The highest BCUT2D eigenvalue weighted by Crippen LogP contribution is 2.55. The first kappa shape index (κ1) is 36.6. The van der Waals surface area contributed by atoms with E-state index in [0.717, 1.165) is 34.4 Å². The topological polar surface area (TPSA) is 19.6 Å². The Morgan fingerprint density at radius 2 is 1.14 bits per heavy atom. The third-order valence-corrected chi connectivity index (χ3v) is 14.7. The van der Waals surface area contributed by atoms with E-state index in [0.29, 0.717) is 0 Å². The number of hydrogen-bond donors (Lipinski definition) is 0. The summed E-state index contributed by atoms with van der Waals surface area (Å²) in [6.07, 6.45) is 4.71. The maximum atomic E-state index is 7.20. The Labute approximate surface area is 341 Å². The smallest absolute Gasteiger partial charge is 0.297 e. The molecule has 3 nitrogen and oxygen atoms in total. The minimum absolute atomic E-state index is 0.0136. The average Bonchev–Trinajstić information content (AvgIpc) is 3.53. The van der Waals surface area contributed by atoms with Gasteiger partial charge in [-0.25, -0.2) is 0 Å². The highest BCUT2D eigenvalue weighted by molar-refractivity contribution is 7.00. The van der Waals surface area contributed by atoms with Gasteiger partial charge in [-0.2, -0.15) is 0 Å². The number of benzene rings is 5. The van der Waals surface area contributed by atoms with Crippen LogP contribution in [0.15, 0.2) is 95.4 Å². The highest BCUT2D eigenvalue weighted by Gasteiger charge is 2.50. The molecule has 0 unspecified atom stereocenters. The van der Waals surface area contributed by atoms with Gasteiger partial charge >= 0.3 is 0 Å². The molecule has 3 heterocycles. The fraction of sp³-hybridized carbons (Fsp3) is 0.396. The van der Waals surface area contributed by atoms with Crippen molar-refractivity contribution in [3.05, 3.63) is 124 Å². The molecule has 1 aromatic heterocycles. The van der Waals surface area contributed by atoms with Crippen molar-refractivity contribution in [2.75, 3.05) is 9.80 Å². The third kappa shape index (κ3) is 5.24. The summed E-state index contributed by atoms with van der Waals surface area (Å²) in [7, 11) is 0. The summed E-state index contributed by atoms with van der Waals surface area (Å²) in [4.78, 5) is 5.22. The lowest BCUT2D eigenvalue weighted by atomic mass is 9.35. The van der Waals surface area contributed by atoms with Gasteiger partial charge < -0.3 is 14.2 Å². The minimum atomic E-state index is -0.0616. The van der Waals surface area contributed by atoms with Gasteiger partial charge in [0.1, 0.15) is 5.58 Å². The largest absolute Gasteiger partial charge is 0.468 e. The van der Waals surface area contributed by atoms with Crippen LogP contribution in [0.2, 0.25) is 0 Å². The SMILES string of the molecule is Cc1cc2c3c(c1)N(c1ccc(C(C)(C)C)cc1)c1c(oc4ccccc14)B3c1ccc3c(c1N2c1ccc2c(c1)C(C)(C)CCC2(C)C)C(C)(C)CCC3(C)C. The van der Waals surface area contributed by atoms with Gasteiger partial charge in [-0.05, 0) is 153 Å². The molecule has 5 aromatic carbocycles. The monoisotopic (exact) mass is 750 g/mol. The highest BCUT2D eigenvalue weighted by atomic mass is 16.3. The Bertz CT molecular complexity index is 2650. The third-order valence-electron chi connectivity index (χ3n) is 14.7. The van der Waals surface area contributed by atoms with Crippen molar-refractivity contribution in [3.63, 3.8) is 0 Å². The van der Waals surface area contributed by atoms with E-state index in [1.165, 1.54) is 86.3 Å². The fourth-order valence-corrected chi connectivity index (χ4v) is 11.1. The van der Waals surface area contributed by atoms with Crippen molar-refractivity contribution in [2.45, 2.75) is 136 Å². The molecule has 2 aliphatic carbocycles. The van der Waals surface area contributed by atoms with E-state index >= 15 is 0 Å². The number of furan rings is 1. The first-order valence-corrected chi connectivity index (χ1v) is 21.5. The lowest BCUT2D eigenvalue weighted by Gasteiger charge is -2.49. The molecule has 4 aliphatic rings. The summed E-state index contributed by atoms with van der Waals surface area (Å²) in [5, 5.41) is 1.16. The summed E-state index contributed by atoms with van der Waals surface area (Å²) < 4.78 is 7.20. The van der Waals surface area contributed by atoms with Crippen molar-refractivity contribution in [1.29, 1.82) is 0 Å². The summed E-state index contributed by atoms with van der Waals surface area (Å²) >= 11 is 0. The van der Waals surface area contributed by atoms with E-state index in [1.807, 2.05) is 0 Å². The molecular formula is C53H59BN2O. The average molecular weight is 751 g/mol. The van der Waals surface area contributed by atoms with Crippen LogP contribution < -0.4 is 26.4 Å². The molecule has 0 N–H and O–H groups in total. The number of hydrogen-bond acceptors (Lipinski definition) is 3. The molecule has 0 atom stereocenters. The second-order valence-corrected chi connectivity index (χ2v) is 21.6. The minimum Gasteiger partial charge on any atom is -0.468 e. The van der Waals surface area contributed by atoms with Crippen LogP contribution in [0.3, 0.4) is 0 Å². The van der Waals surface area contributed by atoms with E-state index in [2.05, 4.69) is 184 Å². The van der Waals surface area contributed by atoms with Crippen molar-refractivity contribution >= 4 is 68.4 Å². The van der Waals surface area contributed by atoms with Crippen LogP contribution in [0.5, 0.6) is 0 Å². The van der Waals surface area contributed by atoms with E-state index in [9.17, 15) is 0 Å². The Hall–Kier alpha value is -4.70. The molecule has 6 aromatic rings. The molecule has 2 aliphatic heterocycles. The van der Waals surface area contributed by atoms with Gasteiger partial charge in [0.15, 0.2) is 0 Å². The molecule has 0 bridgehead atoms. The van der Waals surface area contributed by atoms with E-state index < -0.39 is 0 Å². The maximum Gasteiger partial charge on any atom is 0.297 e. The molecule has 10 rings (SSSR count). The Kier molecular flexibility index (Phi) is 7.52. The number of para-hydroxylation sites is 1. The molecule has 0 radical (unpaired) electrons. The first-order chi connectivity index (χ1) is 26.8. The Morgan fingerprint density at radius 3 is 1.81 bits per heavy atom. The zero-order valence-corrected chi connectivity index (χ0v) is 36.4. The standard InChI is InChI=1S/C53H59BN2O/c1-32-29-41-45-42(30-32)56(35-21-22-37-39(31-35)52(9,10)26-25-50(37,5)6)47-40(24-23-38-44(47)53(11,12)28-27-51(38,7)8)54(45)48-46(36-15-13-14-16-43(36)57-48)55(41)34-19-17-33(18-20-34)49(2,3)4/h13-24,29-31H,25-28H2,1-12H3. The van der Waals surface area contributed by atoms with Crippen LogP contribution in [0.25, 0.3) is 11.0 Å². The molecule has 0 saturated heterocycles. The zero-order chi connectivity index (χ0) is 40.2. The Morgan fingerprint density at radius 1 is 0.579 bits per heavy atom. The van der Waals surface area contributed by atoms with E-state index in [1.54, 1.807) is 0 Å². The molecule has 0 fully saturated rings. The van der Waals surface area contributed by atoms with Crippen molar-refractivity contribution < 1.29 is 4.42 Å². The van der Waals surface area contributed by atoms with Crippen LogP contribution in [0.4, 0.5) is 34.1 Å². The van der Waals surface area contributed by atoms with Gasteiger partial charge in [-0.1, -0.05) is 119 Å². The zero-order valence-electron chi connectivity index (χ0n) is 36.4. The predicted octanol–water partition coefficient (Wildman–Crippen LogP) is 12.8. The second kappa shape index (κ2) is 11.7. The summed E-state index contributed by atoms with van der Waals surface area (Å²) in [5.74, 6) is 0. The molecule has 4 heteroatoms. The van der Waals surface area contributed by atoms with E-state index in [4.69, 9.17) is 4.42 Å². The fourth-order valence-electron chi connectivity index (χ4n) is 11.1. The number of nitrogens with zero attached hydrogens (tertiary/aromatic N) is 2. The maximum absolute atomic E-state index is 7.20. The van der Waals surface area contributed by atoms with Crippen molar-refractivity contribution in [2.24, 2.45) is 0 Å². The number of anilines is 6. The van der Waals surface area contributed by atoms with Crippen molar-refractivity contribution in [1.82, 2.24) is 0 Å². The van der Waals surface area contributed by atoms with Crippen LogP contribution >= 0.6 is 0 Å². The number of fused-ring (bicyclic) bond motifs is 9. The van der Waals surface area contributed by atoms with Gasteiger partial charge in [-0.15, -0.1) is 0 Å². The Balaban J connectivity index is 1.33. The lowest BCUT2D eigenvalue weighted by Crippen LogP contribution is -2.61. The quantitative estimate of drug-likeness (QED) is 0.164. The molecule has 57 heavy (non-hydrogen) atoms. The number of rotatable bonds is 2.